The first-order chi connectivity index (χ1) is 15.8. The van der Waals surface area contributed by atoms with Gasteiger partial charge in [0.15, 0.2) is 0 Å². The van der Waals surface area contributed by atoms with E-state index in [-0.39, 0.29) is 23.2 Å². The molecule has 0 bridgehead atoms. The highest BCUT2D eigenvalue weighted by Crippen LogP contribution is 2.25. The Morgan fingerprint density at radius 1 is 0.970 bits per heavy atom. The minimum Gasteiger partial charge on any atom is -0.348 e. The van der Waals surface area contributed by atoms with Gasteiger partial charge in [-0.2, -0.15) is 0 Å². The van der Waals surface area contributed by atoms with Crippen molar-refractivity contribution in [2.45, 2.75) is 11.4 Å². The standard InChI is InChI=1S/C25H22FN3O3S/c1-29(2)33(31,32)24-10-6-3-7-18(24)16-27-25(30)21-15-23(17-11-13-19(26)14-12-17)28-22-9-5-4-8-20(21)22/h3-15H,16H2,1-2H3,(H,27,30). The van der Waals surface area contributed by atoms with Crippen LogP contribution < -0.4 is 5.32 Å². The summed E-state index contributed by atoms with van der Waals surface area (Å²) in [4.78, 5) is 18.0. The summed E-state index contributed by atoms with van der Waals surface area (Å²) in [6.07, 6.45) is 0. The molecule has 0 fully saturated rings. The number of hydrogen-bond donors (Lipinski definition) is 1. The van der Waals surface area contributed by atoms with Gasteiger partial charge in [-0.1, -0.05) is 36.4 Å². The number of fused-ring (bicyclic) bond motifs is 1. The van der Waals surface area contributed by atoms with E-state index in [0.29, 0.717) is 33.3 Å². The molecular formula is C25H22FN3O3S. The molecule has 0 atom stereocenters. The summed E-state index contributed by atoms with van der Waals surface area (Å²) in [7, 11) is -0.733. The van der Waals surface area contributed by atoms with Crippen LogP contribution >= 0.6 is 0 Å². The minimum absolute atomic E-state index is 0.0323. The summed E-state index contributed by atoms with van der Waals surface area (Å²) >= 11 is 0. The molecule has 0 saturated carbocycles. The molecule has 0 saturated heterocycles. The van der Waals surface area contributed by atoms with Crippen LogP contribution in [0.1, 0.15) is 15.9 Å². The van der Waals surface area contributed by atoms with Gasteiger partial charge in [-0.15, -0.1) is 0 Å². The molecule has 0 spiro atoms. The highest BCUT2D eigenvalue weighted by molar-refractivity contribution is 7.89. The topological polar surface area (TPSA) is 79.4 Å². The van der Waals surface area contributed by atoms with Gasteiger partial charge in [0.1, 0.15) is 5.82 Å². The molecule has 1 heterocycles. The highest BCUT2D eigenvalue weighted by atomic mass is 32.2. The number of carbonyl (C=O) groups excluding carboxylic acids is 1. The van der Waals surface area contributed by atoms with Crippen LogP contribution in [-0.4, -0.2) is 37.7 Å². The zero-order valence-electron chi connectivity index (χ0n) is 18.1. The SMILES string of the molecule is CN(C)S(=O)(=O)c1ccccc1CNC(=O)c1cc(-c2ccc(F)cc2)nc2ccccc12. The van der Waals surface area contributed by atoms with Gasteiger partial charge >= 0.3 is 0 Å². The Morgan fingerprint density at radius 2 is 1.64 bits per heavy atom. The van der Waals surface area contributed by atoms with E-state index in [0.717, 1.165) is 4.31 Å². The van der Waals surface area contributed by atoms with Crippen LogP contribution in [0.3, 0.4) is 0 Å². The van der Waals surface area contributed by atoms with E-state index in [4.69, 9.17) is 0 Å². The molecule has 6 nitrogen and oxygen atoms in total. The van der Waals surface area contributed by atoms with Crippen molar-refractivity contribution >= 4 is 26.8 Å². The minimum atomic E-state index is -3.66. The zero-order valence-corrected chi connectivity index (χ0v) is 18.9. The predicted molar refractivity (Wildman–Crippen MR) is 126 cm³/mol. The molecule has 8 heteroatoms. The lowest BCUT2D eigenvalue weighted by Crippen LogP contribution is -2.27. The third-order valence-corrected chi connectivity index (χ3v) is 7.19. The van der Waals surface area contributed by atoms with Crippen molar-refractivity contribution in [1.82, 2.24) is 14.6 Å². The maximum atomic E-state index is 13.4. The van der Waals surface area contributed by atoms with E-state index in [2.05, 4.69) is 10.3 Å². The zero-order chi connectivity index (χ0) is 23.6. The Morgan fingerprint density at radius 3 is 2.36 bits per heavy atom. The number of para-hydroxylation sites is 1. The molecule has 1 amide bonds. The van der Waals surface area contributed by atoms with Crippen molar-refractivity contribution in [2.24, 2.45) is 0 Å². The monoisotopic (exact) mass is 463 g/mol. The number of amides is 1. The number of benzene rings is 3. The Labute approximate surface area is 191 Å². The molecule has 1 N–H and O–H groups in total. The maximum Gasteiger partial charge on any atom is 0.252 e. The third-order valence-electron chi connectivity index (χ3n) is 5.27. The molecule has 4 rings (SSSR count). The molecule has 0 aliphatic heterocycles. The van der Waals surface area contributed by atoms with E-state index in [1.54, 1.807) is 48.5 Å². The normalized spacial score (nSPS) is 11.6. The van der Waals surface area contributed by atoms with Crippen LogP contribution in [-0.2, 0) is 16.6 Å². The van der Waals surface area contributed by atoms with Crippen LogP contribution in [0.15, 0.2) is 83.8 Å². The van der Waals surface area contributed by atoms with Gasteiger partial charge in [0.2, 0.25) is 10.0 Å². The van der Waals surface area contributed by atoms with Crippen LogP contribution in [0.25, 0.3) is 22.2 Å². The average Bonchev–Trinajstić information content (AvgIpc) is 2.82. The van der Waals surface area contributed by atoms with Gasteiger partial charge < -0.3 is 5.32 Å². The van der Waals surface area contributed by atoms with E-state index in [9.17, 15) is 17.6 Å². The second kappa shape index (κ2) is 9.09. The van der Waals surface area contributed by atoms with Crippen molar-refractivity contribution in [2.75, 3.05) is 14.1 Å². The van der Waals surface area contributed by atoms with Crippen LogP contribution in [0.2, 0.25) is 0 Å². The molecule has 1 aromatic heterocycles. The quantitative estimate of drug-likeness (QED) is 0.464. The summed E-state index contributed by atoms with van der Waals surface area (Å²) in [5.74, 6) is -0.724. The smallest absolute Gasteiger partial charge is 0.252 e. The van der Waals surface area contributed by atoms with E-state index < -0.39 is 10.0 Å². The lowest BCUT2D eigenvalue weighted by Gasteiger charge is -2.16. The van der Waals surface area contributed by atoms with Crippen molar-refractivity contribution in [1.29, 1.82) is 0 Å². The molecule has 0 aliphatic carbocycles. The first-order valence-electron chi connectivity index (χ1n) is 10.2. The lowest BCUT2D eigenvalue weighted by atomic mass is 10.0. The van der Waals surface area contributed by atoms with Crippen LogP contribution in [0, 0.1) is 5.82 Å². The number of hydrogen-bond acceptors (Lipinski definition) is 4. The molecule has 168 valence electrons. The number of nitrogens with one attached hydrogen (secondary N) is 1. The average molecular weight is 464 g/mol. The summed E-state index contributed by atoms with van der Waals surface area (Å²) in [6.45, 7) is 0.0323. The van der Waals surface area contributed by atoms with Gasteiger partial charge in [0.05, 0.1) is 21.7 Å². The number of halogens is 1. The van der Waals surface area contributed by atoms with E-state index in [1.807, 2.05) is 12.1 Å². The molecule has 0 radical (unpaired) electrons. The van der Waals surface area contributed by atoms with Crippen LogP contribution in [0.4, 0.5) is 4.39 Å². The largest absolute Gasteiger partial charge is 0.348 e. The Balaban J connectivity index is 1.69. The van der Waals surface area contributed by atoms with Gasteiger partial charge in [0.25, 0.3) is 5.91 Å². The molecular weight excluding hydrogens is 441 g/mol. The number of aromatic nitrogens is 1. The second-order valence-corrected chi connectivity index (χ2v) is 9.78. The lowest BCUT2D eigenvalue weighted by molar-refractivity contribution is 0.0952. The Kier molecular flexibility index (Phi) is 6.22. The van der Waals surface area contributed by atoms with Gasteiger partial charge in [0, 0.05) is 31.6 Å². The number of sulfonamides is 1. The molecule has 4 aromatic rings. The fourth-order valence-corrected chi connectivity index (χ4v) is 4.62. The van der Waals surface area contributed by atoms with E-state index in [1.165, 1.54) is 32.3 Å². The number of carbonyl (C=O) groups is 1. The van der Waals surface area contributed by atoms with Crippen molar-refractivity contribution < 1.29 is 17.6 Å². The first kappa shape index (κ1) is 22.6. The second-order valence-electron chi connectivity index (χ2n) is 7.66. The highest BCUT2D eigenvalue weighted by Gasteiger charge is 2.21. The van der Waals surface area contributed by atoms with Gasteiger partial charge in [-0.05, 0) is 48.0 Å². The van der Waals surface area contributed by atoms with Crippen molar-refractivity contribution in [3.05, 3.63) is 95.8 Å². The Bertz CT molecular complexity index is 1440. The number of nitrogens with zero attached hydrogens (tertiary/aromatic N) is 2. The molecule has 3 aromatic carbocycles. The predicted octanol–water partition coefficient (Wildman–Crippen LogP) is 4.22. The van der Waals surface area contributed by atoms with Crippen molar-refractivity contribution in [3.8, 4) is 11.3 Å². The van der Waals surface area contributed by atoms with Crippen molar-refractivity contribution in [3.63, 3.8) is 0 Å². The van der Waals surface area contributed by atoms with Gasteiger partial charge in [-0.25, -0.2) is 22.1 Å². The van der Waals surface area contributed by atoms with Gasteiger partial charge in [-0.3, -0.25) is 4.79 Å². The number of rotatable bonds is 6. The summed E-state index contributed by atoms with van der Waals surface area (Å²) in [5.41, 5.74) is 2.72. The van der Waals surface area contributed by atoms with Crippen LogP contribution in [0.5, 0.6) is 0 Å². The number of pyridine rings is 1. The summed E-state index contributed by atoms with van der Waals surface area (Å²) < 4.78 is 39.8. The maximum absolute atomic E-state index is 13.4. The third kappa shape index (κ3) is 4.62. The summed E-state index contributed by atoms with van der Waals surface area (Å²) in [5, 5.41) is 3.50. The first-order valence-corrected chi connectivity index (χ1v) is 11.7. The fraction of sp³-hybridized carbons (Fsp3) is 0.120. The molecule has 0 aliphatic rings. The molecule has 0 unspecified atom stereocenters. The molecule has 33 heavy (non-hydrogen) atoms. The van der Waals surface area contributed by atoms with E-state index >= 15 is 0 Å². The fourth-order valence-electron chi connectivity index (χ4n) is 3.50. The Hall–Kier alpha value is -3.62. The summed E-state index contributed by atoms with van der Waals surface area (Å²) in [6, 6.07) is 21.4.